The molecule has 6 N–H and O–H groups in total. The van der Waals surface area contributed by atoms with Gasteiger partial charge in [0, 0.05) is 6.07 Å². The molecule has 0 radical (unpaired) electrons. The van der Waals surface area contributed by atoms with E-state index in [2.05, 4.69) is 5.32 Å². The first-order chi connectivity index (χ1) is 9.81. The van der Waals surface area contributed by atoms with E-state index in [0.717, 1.165) is 0 Å². The fraction of sp³-hybridized carbons (Fsp3) is 0.250. The zero-order chi connectivity index (χ0) is 16.4. The fourth-order valence-electron chi connectivity index (χ4n) is 1.07. The van der Waals surface area contributed by atoms with E-state index in [4.69, 9.17) is 25.8 Å². The van der Waals surface area contributed by atoms with Gasteiger partial charge in [-0.05, 0) is 12.1 Å². The highest BCUT2D eigenvalue weighted by molar-refractivity contribution is 5.90. The van der Waals surface area contributed by atoms with Crippen molar-refractivity contribution >= 4 is 17.8 Å². The zero-order valence-corrected chi connectivity index (χ0v) is 11.2. The summed E-state index contributed by atoms with van der Waals surface area (Å²) < 4.78 is 4.78. The molecule has 0 heterocycles. The number of methoxy groups -OCH3 is 1. The third kappa shape index (κ3) is 7.38. The van der Waals surface area contributed by atoms with E-state index >= 15 is 0 Å². The van der Waals surface area contributed by atoms with E-state index in [1.54, 1.807) is 0 Å². The number of carbonyl (C=O) groups is 3. The normalized spacial score (nSPS) is 9.05. The number of benzene rings is 1. The lowest BCUT2D eigenvalue weighted by Crippen LogP contribution is -2.34. The molecule has 9 heteroatoms. The van der Waals surface area contributed by atoms with Gasteiger partial charge in [-0.1, -0.05) is 0 Å². The quantitative estimate of drug-likeness (QED) is 0.474. The molecular formula is C12H16N2O7. The summed E-state index contributed by atoms with van der Waals surface area (Å²) in [4.78, 5) is 30.4. The third-order valence-electron chi connectivity index (χ3n) is 2.06. The van der Waals surface area contributed by atoms with Crippen molar-refractivity contribution in [3.8, 4) is 11.5 Å². The number of carbonyl (C=O) groups excluding carboxylic acids is 1. The number of rotatable bonds is 5. The molecule has 0 fully saturated rings. The van der Waals surface area contributed by atoms with Crippen LogP contribution < -0.4 is 15.8 Å². The van der Waals surface area contributed by atoms with Crippen molar-refractivity contribution < 1.29 is 34.4 Å². The number of aromatic hydroxyl groups is 1. The van der Waals surface area contributed by atoms with Crippen LogP contribution >= 0.6 is 0 Å². The molecule has 0 aliphatic rings. The summed E-state index contributed by atoms with van der Waals surface area (Å²) in [6, 6.07) is 4.02. The number of ether oxygens (including phenoxy) is 1. The summed E-state index contributed by atoms with van der Waals surface area (Å²) in [6.45, 7) is -0.538. The Bertz CT molecular complexity index is 516. The van der Waals surface area contributed by atoms with Crippen molar-refractivity contribution in [2.45, 2.75) is 0 Å². The maximum absolute atomic E-state index is 10.4. The number of nitrogens with two attached hydrogens (primary N) is 1. The molecule has 21 heavy (non-hydrogen) atoms. The van der Waals surface area contributed by atoms with Crippen LogP contribution in [0.5, 0.6) is 11.5 Å². The molecule has 1 amide bonds. The maximum atomic E-state index is 10.4. The van der Waals surface area contributed by atoms with Gasteiger partial charge in [0.05, 0.1) is 13.7 Å². The minimum absolute atomic E-state index is 0.129. The molecule has 116 valence electrons. The number of amides is 1. The van der Waals surface area contributed by atoms with Gasteiger partial charge in [-0.2, -0.15) is 0 Å². The zero-order valence-electron chi connectivity index (χ0n) is 11.2. The lowest BCUT2D eigenvalue weighted by atomic mass is 10.2. The van der Waals surface area contributed by atoms with E-state index < -0.39 is 17.8 Å². The lowest BCUT2D eigenvalue weighted by molar-refractivity contribution is -0.137. The Hall–Kier alpha value is -2.81. The molecule has 0 atom stereocenters. The number of hydrogen-bond acceptors (Lipinski definition) is 6. The molecule has 0 aliphatic carbocycles. The first kappa shape index (κ1) is 18.2. The van der Waals surface area contributed by atoms with Crippen LogP contribution in [0.2, 0.25) is 0 Å². The second kappa shape index (κ2) is 9.15. The molecule has 0 saturated heterocycles. The molecule has 0 bridgehead atoms. The molecule has 0 aromatic heterocycles. The molecule has 1 rings (SSSR count). The van der Waals surface area contributed by atoms with Crippen molar-refractivity contribution in [3.63, 3.8) is 0 Å². The van der Waals surface area contributed by atoms with Gasteiger partial charge in [-0.15, -0.1) is 0 Å². The SMILES string of the molecule is COc1ccc(C(=O)O)c(O)c1.NCC(=O)NCC(=O)O. The van der Waals surface area contributed by atoms with Crippen LogP contribution in [0.15, 0.2) is 18.2 Å². The summed E-state index contributed by atoms with van der Waals surface area (Å²) >= 11 is 0. The molecule has 1 aromatic carbocycles. The molecular weight excluding hydrogens is 284 g/mol. The Labute approximate surface area is 119 Å². The summed E-state index contributed by atoms with van der Waals surface area (Å²) in [7, 11) is 1.44. The summed E-state index contributed by atoms with van der Waals surface area (Å²) in [5, 5.41) is 27.7. The van der Waals surface area contributed by atoms with Gasteiger partial charge in [-0.25, -0.2) is 4.79 Å². The van der Waals surface area contributed by atoms with Gasteiger partial charge >= 0.3 is 11.9 Å². The molecule has 0 aliphatic heterocycles. The van der Waals surface area contributed by atoms with Gasteiger partial charge in [0.25, 0.3) is 0 Å². The summed E-state index contributed by atoms with van der Waals surface area (Å²) in [6.07, 6.45) is 0. The van der Waals surface area contributed by atoms with Crippen LogP contribution in [0, 0.1) is 0 Å². The van der Waals surface area contributed by atoms with Gasteiger partial charge < -0.3 is 31.1 Å². The van der Waals surface area contributed by atoms with Crippen molar-refractivity contribution in [2.75, 3.05) is 20.2 Å². The number of carboxylic acids is 2. The highest BCUT2D eigenvalue weighted by Gasteiger charge is 2.09. The first-order valence-electron chi connectivity index (χ1n) is 5.60. The predicted molar refractivity (Wildman–Crippen MR) is 71.3 cm³/mol. The highest BCUT2D eigenvalue weighted by Crippen LogP contribution is 2.22. The first-order valence-corrected chi connectivity index (χ1v) is 5.60. The molecule has 0 spiro atoms. The molecule has 9 nitrogen and oxygen atoms in total. The number of phenols is 1. The fourth-order valence-corrected chi connectivity index (χ4v) is 1.07. The number of nitrogens with one attached hydrogen (secondary N) is 1. The number of hydrogen-bond donors (Lipinski definition) is 5. The van der Waals surface area contributed by atoms with Gasteiger partial charge in [-0.3, -0.25) is 9.59 Å². The second-order valence-electron chi connectivity index (χ2n) is 3.56. The summed E-state index contributed by atoms with van der Waals surface area (Å²) in [5.41, 5.74) is 4.72. The van der Waals surface area contributed by atoms with Gasteiger partial charge in [0.15, 0.2) is 0 Å². The van der Waals surface area contributed by atoms with E-state index in [1.807, 2.05) is 0 Å². The van der Waals surface area contributed by atoms with Gasteiger partial charge in [0.1, 0.15) is 23.6 Å². The van der Waals surface area contributed by atoms with Crippen molar-refractivity contribution in [3.05, 3.63) is 23.8 Å². The monoisotopic (exact) mass is 300 g/mol. The van der Waals surface area contributed by atoms with Crippen molar-refractivity contribution in [2.24, 2.45) is 5.73 Å². The van der Waals surface area contributed by atoms with E-state index in [-0.39, 0.29) is 24.4 Å². The minimum Gasteiger partial charge on any atom is -0.507 e. The number of aliphatic carboxylic acids is 1. The highest BCUT2D eigenvalue weighted by atomic mass is 16.5. The van der Waals surface area contributed by atoms with E-state index in [0.29, 0.717) is 5.75 Å². The average molecular weight is 300 g/mol. The average Bonchev–Trinajstić information content (AvgIpc) is 2.44. The second-order valence-corrected chi connectivity index (χ2v) is 3.56. The largest absolute Gasteiger partial charge is 0.507 e. The lowest BCUT2D eigenvalue weighted by Gasteiger charge is -2.02. The maximum Gasteiger partial charge on any atom is 0.339 e. The van der Waals surface area contributed by atoms with E-state index in [9.17, 15) is 14.4 Å². The van der Waals surface area contributed by atoms with Crippen LogP contribution in [0.1, 0.15) is 10.4 Å². The Balaban J connectivity index is 0.000000400. The van der Waals surface area contributed by atoms with Crippen molar-refractivity contribution in [1.29, 1.82) is 0 Å². The predicted octanol–water partition coefficient (Wildman–Crippen LogP) is -0.755. The minimum atomic E-state index is -1.16. The topological polar surface area (TPSA) is 159 Å². The third-order valence-corrected chi connectivity index (χ3v) is 2.06. The number of carboxylic acid groups (broad SMARTS) is 2. The Morgan fingerprint density at radius 2 is 1.90 bits per heavy atom. The van der Waals surface area contributed by atoms with Crippen LogP contribution in [-0.4, -0.2) is 53.4 Å². The molecule has 1 aromatic rings. The van der Waals surface area contributed by atoms with Crippen LogP contribution in [0.3, 0.4) is 0 Å². The Morgan fingerprint density at radius 1 is 1.29 bits per heavy atom. The smallest absolute Gasteiger partial charge is 0.339 e. The summed E-state index contributed by atoms with van der Waals surface area (Å²) in [5.74, 6) is -2.55. The molecule has 0 unspecified atom stereocenters. The Kier molecular flexibility index (Phi) is 7.93. The van der Waals surface area contributed by atoms with E-state index in [1.165, 1.54) is 25.3 Å². The van der Waals surface area contributed by atoms with Crippen molar-refractivity contribution in [1.82, 2.24) is 5.32 Å². The van der Waals surface area contributed by atoms with Crippen LogP contribution in [0.25, 0.3) is 0 Å². The standard InChI is InChI=1S/C8H8O4.C4H8N2O3/c1-12-5-2-3-6(8(10)11)7(9)4-5;5-1-3(7)6-2-4(8)9/h2-4,9H,1H3,(H,10,11);1-2,5H2,(H,6,7)(H,8,9). The van der Waals surface area contributed by atoms with Crippen LogP contribution in [-0.2, 0) is 9.59 Å². The van der Waals surface area contributed by atoms with Gasteiger partial charge in [0.2, 0.25) is 5.91 Å². The van der Waals surface area contributed by atoms with Crippen LogP contribution in [0.4, 0.5) is 0 Å². The Morgan fingerprint density at radius 3 is 2.29 bits per heavy atom. The number of aromatic carboxylic acids is 1. The molecule has 0 saturated carbocycles.